The molecular formula is C12H19N3. The molecule has 0 aliphatic rings. The Bertz CT molecular complexity index is 427. The van der Waals surface area contributed by atoms with E-state index in [1.165, 1.54) is 0 Å². The molecule has 82 valence electrons. The van der Waals surface area contributed by atoms with Gasteiger partial charge in [-0.05, 0) is 25.8 Å². The summed E-state index contributed by atoms with van der Waals surface area (Å²) in [6.07, 6.45) is 1.81. The van der Waals surface area contributed by atoms with E-state index in [1.807, 2.05) is 26.1 Å². The fourth-order valence-corrected chi connectivity index (χ4v) is 1.15. The Labute approximate surface area is 91.0 Å². The molecule has 2 aromatic heterocycles. The third-order valence-corrected chi connectivity index (χ3v) is 1.62. The average molecular weight is 205 g/mol. The molecule has 0 aliphatic heterocycles. The number of rotatable bonds is 0. The number of H-pyrrole nitrogens is 1. The van der Waals surface area contributed by atoms with Crippen LogP contribution in [0.1, 0.15) is 32.3 Å². The second-order valence-corrected chi connectivity index (χ2v) is 4.40. The maximum Gasteiger partial charge on any atom is 0.126 e. The van der Waals surface area contributed by atoms with Crippen molar-refractivity contribution in [3.05, 3.63) is 23.8 Å². The summed E-state index contributed by atoms with van der Waals surface area (Å²) >= 11 is 0. The predicted molar refractivity (Wildman–Crippen MR) is 63.9 cm³/mol. The summed E-state index contributed by atoms with van der Waals surface area (Å²) in [4.78, 5) is 11.5. The summed E-state index contributed by atoms with van der Waals surface area (Å²) in [7, 11) is 0. The molecule has 15 heavy (non-hydrogen) atoms. The third-order valence-electron chi connectivity index (χ3n) is 1.62. The van der Waals surface area contributed by atoms with Crippen LogP contribution in [-0.2, 0) is 0 Å². The zero-order valence-electron chi connectivity index (χ0n) is 10.1. The van der Waals surface area contributed by atoms with E-state index in [9.17, 15) is 0 Å². The highest BCUT2D eigenvalue weighted by Crippen LogP contribution is 2.10. The van der Waals surface area contributed by atoms with Crippen LogP contribution in [0.25, 0.3) is 11.0 Å². The number of nitrogens with zero attached hydrogens (tertiary/aromatic N) is 2. The first-order valence-electron chi connectivity index (χ1n) is 5.28. The van der Waals surface area contributed by atoms with E-state index < -0.39 is 0 Å². The molecule has 2 aromatic rings. The zero-order valence-corrected chi connectivity index (χ0v) is 10.1. The second-order valence-electron chi connectivity index (χ2n) is 4.40. The van der Waals surface area contributed by atoms with Gasteiger partial charge in [0.05, 0.1) is 17.2 Å². The van der Waals surface area contributed by atoms with Crippen LogP contribution in [0, 0.1) is 19.8 Å². The van der Waals surface area contributed by atoms with Gasteiger partial charge in [0.25, 0.3) is 0 Å². The van der Waals surface area contributed by atoms with Gasteiger partial charge in [0, 0.05) is 5.69 Å². The highest BCUT2D eigenvalue weighted by molar-refractivity contribution is 5.74. The van der Waals surface area contributed by atoms with Crippen molar-refractivity contribution in [2.75, 3.05) is 0 Å². The molecule has 1 N–H and O–H groups in total. The van der Waals surface area contributed by atoms with Gasteiger partial charge >= 0.3 is 0 Å². The first-order valence-corrected chi connectivity index (χ1v) is 5.28. The first-order chi connectivity index (χ1) is 6.99. The van der Waals surface area contributed by atoms with Crippen LogP contribution in [0.15, 0.2) is 12.3 Å². The van der Waals surface area contributed by atoms with Gasteiger partial charge in [-0.3, -0.25) is 0 Å². The van der Waals surface area contributed by atoms with Crippen LogP contribution in [0.5, 0.6) is 0 Å². The van der Waals surface area contributed by atoms with Crippen LogP contribution < -0.4 is 0 Å². The van der Waals surface area contributed by atoms with E-state index in [4.69, 9.17) is 0 Å². The molecule has 2 rings (SSSR count). The minimum absolute atomic E-state index is 0.816. The average Bonchev–Trinajstić information content (AvgIpc) is 2.42. The number of hydrogen-bond acceptors (Lipinski definition) is 2. The fourth-order valence-electron chi connectivity index (χ4n) is 1.15. The summed E-state index contributed by atoms with van der Waals surface area (Å²) in [6.45, 7) is 10.4. The molecule has 2 heterocycles. The lowest BCUT2D eigenvalue weighted by Gasteiger charge is -1.89. The number of aromatic nitrogens is 3. The third kappa shape index (κ3) is 3.70. The molecule has 3 nitrogen and oxygen atoms in total. The normalized spacial score (nSPS) is 10.3. The Hall–Kier alpha value is -1.38. The molecule has 0 aromatic carbocycles. The maximum absolute atomic E-state index is 4.25. The Morgan fingerprint density at radius 2 is 1.80 bits per heavy atom. The summed E-state index contributed by atoms with van der Waals surface area (Å²) in [5.41, 5.74) is 3.13. The van der Waals surface area contributed by atoms with Crippen LogP contribution >= 0.6 is 0 Å². The van der Waals surface area contributed by atoms with Crippen molar-refractivity contribution >= 4 is 11.0 Å². The highest BCUT2D eigenvalue weighted by atomic mass is 14.9. The van der Waals surface area contributed by atoms with E-state index >= 15 is 0 Å². The van der Waals surface area contributed by atoms with Gasteiger partial charge < -0.3 is 4.98 Å². The van der Waals surface area contributed by atoms with Crippen LogP contribution in [0.4, 0.5) is 0 Å². The number of aromatic amines is 1. The summed E-state index contributed by atoms with van der Waals surface area (Å²) in [5.74, 6) is 1.65. The molecule has 0 fully saturated rings. The van der Waals surface area contributed by atoms with Crippen molar-refractivity contribution in [1.82, 2.24) is 15.0 Å². The molecule has 3 heteroatoms. The Morgan fingerprint density at radius 3 is 2.40 bits per heavy atom. The standard InChI is InChI=1S/C8H9N3.C4H10/c1-5-3-7-8(10-5)4-9-6(2)11-7;1-4(2)3/h3-4,10H,1-2H3;4H,1-3H3. The zero-order chi connectivity index (χ0) is 11.4. The van der Waals surface area contributed by atoms with Gasteiger partial charge in [-0.25, -0.2) is 9.97 Å². The topological polar surface area (TPSA) is 41.6 Å². The molecule has 0 saturated carbocycles. The van der Waals surface area contributed by atoms with E-state index in [0.717, 1.165) is 28.5 Å². The van der Waals surface area contributed by atoms with Gasteiger partial charge in [-0.2, -0.15) is 0 Å². The fraction of sp³-hybridized carbons (Fsp3) is 0.500. The Balaban J connectivity index is 0.000000245. The molecule has 0 amide bonds. The molecular weight excluding hydrogens is 186 g/mol. The SMILES string of the molecule is CC(C)C.Cc1ncc2[nH]c(C)cc2n1. The highest BCUT2D eigenvalue weighted by Gasteiger charge is 1.97. The molecule has 0 unspecified atom stereocenters. The van der Waals surface area contributed by atoms with E-state index in [1.54, 1.807) is 0 Å². The smallest absolute Gasteiger partial charge is 0.126 e. The van der Waals surface area contributed by atoms with Crippen molar-refractivity contribution in [2.24, 2.45) is 5.92 Å². The molecule has 0 aliphatic carbocycles. The van der Waals surface area contributed by atoms with Gasteiger partial charge in [-0.1, -0.05) is 20.8 Å². The predicted octanol–water partition coefficient (Wildman–Crippen LogP) is 3.24. The van der Waals surface area contributed by atoms with E-state index in [2.05, 4.69) is 35.7 Å². The van der Waals surface area contributed by atoms with Crippen molar-refractivity contribution in [3.63, 3.8) is 0 Å². The van der Waals surface area contributed by atoms with E-state index in [-0.39, 0.29) is 0 Å². The number of hydrogen-bond donors (Lipinski definition) is 1. The number of aryl methyl sites for hydroxylation is 2. The first kappa shape index (κ1) is 11.7. The minimum Gasteiger partial charge on any atom is -0.356 e. The second kappa shape index (κ2) is 4.91. The van der Waals surface area contributed by atoms with E-state index in [0.29, 0.717) is 0 Å². The van der Waals surface area contributed by atoms with Crippen LogP contribution in [0.3, 0.4) is 0 Å². The molecule has 0 saturated heterocycles. The number of nitrogens with one attached hydrogen (secondary N) is 1. The van der Waals surface area contributed by atoms with Crippen molar-refractivity contribution < 1.29 is 0 Å². The molecule has 0 spiro atoms. The monoisotopic (exact) mass is 205 g/mol. The van der Waals surface area contributed by atoms with Gasteiger partial charge in [0.2, 0.25) is 0 Å². The lowest BCUT2D eigenvalue weighted by Crippen LogP contribution is -1.84. The van der Waals surface area contributed by atoms with Gasteiger partial charge in [-0.15, -0.1) is 0 Å². The summed E-state index contributed by atoms with van der Waals surface area (Å²) < 4.78 is 0. The van der Waals surface area contributed by atoms with Gasteiger partial charge in [0.1, 0.15) is 5.82 Å². The Kier molecular flexibility index (Phi) is 3.83. The largest absolute Gasteiger partial charge is 0.356 e. The summed E-state index contributed by atoms with van der Waals surface area (Å²) in [5, 5.41) is 0. The summed E-state index contributed by atoms with van der Waals surface area (Å²) in [6, 6.07) is 2.02. The van der Waals surface area contributed by atoms with Crippen molar-refractivity contribution in [3.8, 4) is 0 Å². The Morgan fingerprint density at radius 1 is 1.20 bits per heavy atom. The maximum atomic E-state index is 4.25. The molecule has 0 radical (unpaired) electrons. The number of fused-ring (bicyclic) bond motifs is 1. The lowest BCUT2D eigenvalue weighted by molar-refractivity contribution is 0.737. The minimum atomic E-state index is 0.816. The van der Waals surface area contributed by atoms with Crippen LogP contribution in [0.2, 0.25) is 0 Å². The van der Waals surface area contributed by atoms with Crippen molar-refractivity contribution in [1.29, 1.82) is 0 Å². The quantitative estimate of drug-likeness (QED) is 0.717. The molecule has 0 bridgehead atoms. The van der Waals surface area contributed by atoms with Crippen molar-refractivity contribution in [2.45, 2.75) is 34.6 Å². The molecule has 0 atom stereocenters. The van der Waals surface area contributed by atoms with Gasteiger partial charge in [0.15, 0.2) is 0 Å². The lowest BCUT2D eigenvalue weighted by atomic mass is 10.3. The van der Waals surface area contributed by atoms with Crippen LogP contribution in [-0.4, -0.2) is 15.0 Å².